The molecular weight excluding hydrogens is 222 g/mol. The minimum absolute atomic E-state index is 0.120. The van der Waals surface area contributed by atoms with Gasteiger partial charge in [0.25, 0.3) is 0 Å². The predicted molar refractivity (Wildman–Crippen MR) is 65.3 cm³/mol. The summed E-state index contributed by atoms with van der Waals surface area (Å²) < 4.78 is 27.3. The highest BCUT2D eigenvalue weighted by atomic mass is 19.1. The number of piperidine rings is 1. The van der Waals surface area contributed by atoms with Gasteiger partial charge in [-0.3, -0.25) is 0 Å². The van der Waals surface area contributed by atoms with Crippen molar-refractivity contribution < 1.29 is 8.78 Å². The zero-order valence-electron chi connectivity index (χ0n) is 10.0. The molecule has 0 aliphatic carbocycles. The quantitative estimate of drug-likeness (QED) is 0.873. The van der Waals surface area contributed by atoms with Crippen LogP contribution < -0.4 is 10.2 Å². The van der Waals surface area contributed by atoms with Gasteiger partial charge in [0.05, 0.1) is 0 Å². The standard InChI is InChI=1S/C13H18F2N2/c1-2-16-10-5-4-8-17(9-10)13-11(14)6-3-7-12(13)15/h3,6-7,10,16H,2,4-5,8-9H2,1H3. The lowest BCUT2D eigenvalue weighted by Gasteiger charge is -2.35. The van der Waals surface area contributed by atoms with E-state index in [9.17, 15) is 8.78 Å². The first-order valence-electron chi connectivity index (χ1n) is 6.14. The summed E-state index contributed by atoms with van der Waals surface area (Å²) in [6, 6.07) is 4.36. The van der Waals surface area contributed by atoms with Gasteiger partial charge in [-0.05, 0) is 31.5 Å². The van der Waals surface area contributed by atoms with Crippen LogP contribution in [0.15, 0.2) is 18.2 Å². The summed E-state index contributed by atoms with van der Waals surface area (Å²) in [5.41, 5.74) is 0.120. The van der Waals surface area contributed by atoms with Gasteiger partial charge in [-0.25, -0.2) is 8.78 Å². The molecule has 1 N–H and O–H groups in total. The first-order chi connectivity index (χ1) is 8.22. The Morgan fingerprint density at radius 3 is 2.71 bits per heavy atom. The van der Waals surface area contributed by atoms with Crippen LogP contribution in [0.3, 0.4) is 0 Å². The lowest BCUT2D eigenvalue weighted by molar-refractivity contribution is 0.423. The van der Waals surface area contributed by atoms with Crippen molar-refractivity contribution in [2.75, 3.05) is 24.5 Å². The Kier molecular flexibility index (Phi) is 3.94. The average molecular weight is 240 g/mol. The van der Waals surface area contributed by atoms with Crippen LogP contribution in [-0.2, 0) is 0 Å². The van der Waals surface area contributed by atoms with Gasteiger partial charge in [0.2, 0.25) is 0 Å². The van der Waals surface area contributed by atoms with E-state index in [2.05, 4.69) is 5.32 Å². The van der Waals surface area contributed by atoms with Crippen LogP contribution in [0, 0.1) is 11.6 Å². The molecule has 2 nitrogen and oxygen atoms in total. The number of anilines is 1. The molecule has 0 radical (unpaired) electrons. The molecule has 0 amide bonds. The molecule has 94 valence electrons. The number of hydrogen-bond acceptors (Lipinski definition) is 2. The summed E-state index contributed by atoms with van der Waals surface area (Å²) in [5.74, 6) is -0.940. The maximum Gasteiger partial charge on any atom is 0.149 e. The SMILES string of the molecule is CCNC1CCCN(c2c(F)cccc2F)C1. The van der Waals surface area contributed by atoms with Gasteiger partial charge in [-0.1, -0.05) is 13.0 Å². The molecule has 1 fully saturated rings. The largest absolute Gasteiger partial charge is 0.365 e. The maximum absolute atomic E-state index is 13.6. The summed E-state index contributed by atoms with van der Waals surface area (Å²) in [5, 5.41) is 3.34. The molecule has 1 aromatic rings. The lowest BCUT2D eigenvalue weighted by Crippen LogP contribution is -2.46. The number of hydrogen-bond donors (Lipinski definition) is 1. The van der Waals surface area contributed by atoms with E-state index in [1.807, 2.05) is 11.8 Å². The van der Waals surface area contributed by atoms with E-state index in [0.717, 1.165) is 25.9 Å². The maximum atomic E-state index is 13.6. The first-order valence-corrected chi connectivity index (χ1v) is 6.14. The Morgan fingerprint density at radius 2 is 2.06 bits per heavy atom. The molecule has 17 heavy (non-hydrogen) atoms. The van der Waals surface area contributed by atoms with Crippen LogP contribution in [0.1, 0.15) is 19.8 Å². The van der Waals surface area contributed by atoms with E-state index in [1.165, 1.54) is 18.2 Å². The molecule has 1 unspecified atom stereocenters. The number of nitrogens with zero attached hydrogens (tertiary/aromatic N) is 1. The first kappa shape index (κ1) is 12.3. The average Bonchev–Trinajstić information content (AvgIpc) is 2.30. The molecule has 4 heteroatoms. The number of benzene rings is 1. The third-order valence-corrected chi connectivity index (χ3v) is 3.17. The minimum atomic E-state index is -0.470. The highest BCUT2D eigenvalue weighted by Gasteiger charge is 2.23. The van der Waals surface area contributed by atoms with Gasteiger partial charge >= 0.3 is 0 Å². The molecule has 1 aliphatic rings. The molecule has 0 saturated carbocycles. The summed E-state index contributed by atoms with van der Waals surface area (Å²) in [4.78, 5) is 1.81. The van der Waals surface area contributed by atoms with E-state index >= 15 is 0 Å². The van der Waals surface area contributed by atoms with Gasteiger partial charge in [-0.15, -0.1) is 0 Å². The van der Waals surface area contributed by atoms with Crippen molar-refractivity contribution in [3.63, 3.8) is 0 Å². The van der Waals surface area contributed by atoms with Crippen molar-refractivity contribution in [2.24, 2.45) is 0 Å². The fourth-order valence-corrected chi connectivity index (χ4v) is 2.43. The molecule has 0 aromatic heterocycles. The highest BCUT2D eigenvalue weighted by molar-refractivity contribution is 5.49. The summed E-state index contributed by atoms with van der Waals surface area (Å²) in [6.07, 6.45) is 2.03. The molecule has 1 aliphatic heterocycles. The van der Waals surface area contributed by atoms with Crippen molar-refractivity contribution in [1.82, 2.24) is 5.32 Å². The topological polar surface area (TPSA) is 15.3 Å². The second kappa shape index (κ2) is 5.45. The molecule has 2 rings (SSSR count). The molecule has 1 saturated heterocycles. The number of halogens is 2. The fourth-order valence-electron chi connectivity index (χ4n) is 2.43. The molecule has 1 atom stereocenters. The van der Waals surface area contributed by atoms with Crippen LogP contribution in [-0.4, -0.2) is 25.7 Å². The Morgan fingerprint density at radius 1 is 1.35 bits per heavy atom. The fraction of sp³-hybridized carbons (Fsp3) is 0.538. The highest BCUT2D eigenvalue weighted by Crippen LogP contribution is 2.26. The molecule has 1 heterocycles. The van der Waals surface area contributed by atoms with Crippen LogP contribution in [0.2, 0.25) is 0 Å². The van der Waals surface area contributed by atoms with Gasteiger partial charge < -0.3 is 10.2 Å². The summed E-state index contributed by atoms with van der Waals surface area (Å²) >= 11 is 0. The Hall–Kier alpha value is -1.16. The molecule has 1 aromatic carbocycles. The lowest BCUT2D eigenvalue weighted by atomic mass is 10.0. The van der Waals surface area contributed by atoms with Crippen LogP contribution >= 0.6 is 0 Å². The zero-order chi connectivity index (χ0) is 12.3. The van der Waals surface area contributed by atoms with Crippen molar-refractivity contribution in [3.05, 3.63) is 29.8 Å². The zero-order valence-corrected chi connectivity index (χ0v) is 10.0. The Bertz CT molecular complexity index is 359. The Labute approximate surface area is 101 Å². The third-order valence-electron chi connectivity index (χ3n) is 3.17. The van der Waals surface area contributed by atoms with Gasteiger partial charge in [0, 0.05) is 19.1 Å². The van der Waals surface area contributed by atoms with Crippen LogP contribution in [0.5, 0.6) is 0 Å². The summed E-state index contributed by atoms with van der Waals surface area (Å²) in [7, 11) is 0. The van der Waals surface area contributed by atoms with Gasteiger partial charge in [0.1, 0.15) is 17.3 Å². The van der Waals surface area contributed by atoms with Crippen molar-refractivity contribution in [2.45, 2.75) is 25.8 Å². The predicted octanol–water partition coefficient (Wildman–Crippen LogP) is 2.54. The van der Waals surface area contributed by atoms with E-state index in [4.69, 9.17) is 0 Å². The summed E-state index contributed by atoms with van der Waals surface area (Å²) in [6.45, 7) is 4.33. The smallest absolute Gasteiger partial charge is 0.149 e. The van der Waals surface area contributed by atoms with E-state index in [1.54, 1.807) is 0 Å². The number of rotatable bonds is 3. The normalized spacial score (nSPS) is 20.6. The van der Waals surface area contributed by atoms with E-state index in [-0.39, 0.29) is 5.69 Å². The van der Waals surface area contributed by atoms with Crippen LogP contribution in [0.25, 0.3) is 0 Å². The van der Waals surface area contributed by atoms with E-state index in [0.29, 0.717) is 12.6 Å². The second-order valence-corrected chi connectivity index (χ2v) is 4.41. The second-order valence-electron chi connectivity index (χ2n) is 4.41. The minimum Gasteiger partial charge on any atom is -0.365 e. The Balaban J connectivity index is 2.16. The van der Waals surface area contributed by atoms with Crippen molar-refractivity contribution >= 4 is 5.69 Å². The monoisotopic (exact) mass is 240 g/mol. The molecule has 0 spiro atoms. The molecular formula is C13H18F2N2. The third kappa shape index (κ3) is 2.75. The van der Waals surface area contributed by atoms with Gasteiger partial charge in [0.15, 0.2) is 0 Å². The van der Waals surface area contributed by atoms with Crippen molar-refractivity contribution in [1.29, 1.82) is 0 Å². The number of likely N-dealkylation sites (N-methyl/N-ethyl adjacent to an activating group) is 1. The number of nitrogens with one attached hydrogen (secondary N) is 1. The molecule has 0 bridgehead atoms. The van der Waals surface area contributed by atoms with Gasteiger partial charge in [-0.2, -0.15) is 0 Å². The number of para-hydroxylation sites is 1. The van der Waals surface area contributed by atoms with Crippen LogP contribution in [0.4, 0.5) is 14.5 Å². The van der Waals surface area contributed by atoms with E-state index < -0.39 is 11.6 Å². The van der Waals surface area contributed by atoms with Crippen molar-refractivity contribution in [3.8, 4) is 0 Å².